The summed E-state index contributed by atoms with van der Waals surface area (Å²) in [6.45, 7) is 2.13. The molecule has 6 N–H and O–H groups in total. The number of rotatable bonds is 3. The summed E-state index contributed by atoms with van der Waals surface area (Å²) in [5.74, 6) is 0. The highest BCUT2D eigenvalue weighted by Gasteiger charge is 1.84. The molecule has 0 aliphatic rings. The van der Waals surface area contributed by atoms with Crippen molar-refractivity contribution < 1.29 is 69.2 Å². The lowest BCUT2D eigenvalue weighted by atomic mass is 10.3. The lowest BCUT2D eigenvalue weighted by Crippen LogP contribution is -2.68. The highest BCUT2D eigenvalue weighted by molar-refractivity contribution is 4.28. The average Bonchev–Trinajstić information content (AvgIpc) is 1.94. The maximum absolute atomic E-state index is 8.49. The van der Waals surface area contributed by atoms with Crippen molar-refractivity contribution in [2.75, 3.05) is 13.1 Å². The van der Waals surface area contributed by atoms with Crippen LogP contribution in [0.2, 0.25) is 0 Å². The lowest BCUT2D eigenvalue weighted by molar-refractivity contribution is -2.00. The van der Waals surface area contributed by atoms with Crippen LogP contribution < -0.4 is 48.7 Å². The molecule has 16 heavy (non-hydrogen) atoms. The molecule has 0 aromatic heterocycles. The topological polar surface area (TPSA) is 240 Å². The van der Waals surface area contributed by atoms with Gasteiger partial charge >= 0.3 is 0 Å². The molecule has 0 unspecified atom stereocenters. The second-order valence-electron chi connectivity index (χ2n) is 2.17. The van der Waals surface area contributed by atoms with Gasteiger partial charge in [0.25, 0.3) is 0 Å². The van der Waals surface area contributed by atoms with Gasteiger partial charge in [-0.2, -0.15) is 0 Å². The fourth-order valence-electron chi connectivity index (χ4n) is 0.354. The Morgan fingerprint density at radius 2 is 0.688 bits per heavy atom. The molecule has 0 rings (SSSR count). The minimum absolute atomic E-state index is 1.06. The zero-order valence-corrected chi connectivity index (χ0v) is 9.78. The first-order chi connectivity index (χ1) is 6.91. The summed E-state index contributed by atoms with van der Waals surface area (Å²) in [6, 6.07) is 0. The molecule has 0 atom stereocenters. The Balaban J connectivity index is -0.000000160. The summed E-state index contributed by atoms with van der Waals surface area (Å²) in [6.07, 6.45) is 2.48. The Morgan fingerprint density at radius 1 is 0.562 bits per heavy atom. The molecule has 0 bridgehead atoms. The molecule has 102 valence electrons. The molecular weight excluding hydrogens is 275 g/mol. The van der Waals surface area contributed by atoms with E-state index in [0.717, 1.165) is 13.1 Å². The standard InChI is InChI=1S/C4H12N2.2ClHO4/c5-3-1-2-4-6;2*2-1(3,4)5/h1-6H2;2*(H,2,3,4,5). The van der Waals surface area contributed by atoms with Crippen molar-refractivity contribution in [1.29, 1.82) is 0 Å². The van der Waals surface area contributed by atoms with Gasteiger partial charge in [0, 0.05) is 12.8 Å². The Hall–Kier alpha value is 0.180. The zero-order chi connectivity index (χ0) is 13.8. The summed E-state index contributed by atoms with van der Waals surface area (Å²) in [4.78, 5) is 0. The van der Waals surface area contributed by atoms with Gasteiger partial charge in [0.2, 0.25) is 0 Å². The van der Waals surface area contributed by atoms with E-state index in [9.17, 15) is 0 Å². The highest BCUT2D eigenvalue weighted by atomic mass is 35.7. The van der Waals surface area contributed by atoms with Crippen molar-refractivity contribution in [3.63, 3.8) is 0 Å². The zero-order valence-electron chi connectivity index (χ0n) is 8.26. The molecule has 0 spiro atoms. The summed E-state index contributed by atoms with van der Waals surface area (Å²) >= 11 is 0. The van der Waals surface area contributed by atoms with Crippen LogP contribution in [0.25, 0.3) is 0 Å². The van der Waals surface area contributed by atoms with Crippen molar-refractivity contribution in [2.24, 2.45) is 0 Å². The largest absolute Gasteiger partial charge is 0.358 e. The normalized spacial score (nSPS) is 10.9. The first-order valence-electron chi connectivity index (χ1n) is 3.73. The van der Waals surface area contributed by atoms with Crippen molar-refractivity contribution in [3.05, 3.63) is 0 Å². The van der Waals surface area contributed by atoms with Crippen LogP contribution in [0.1, 0.15) is 12.8 Å². The number of halogens is 2. The Morgan fingerprint density at radius 3 is 0.750 bits per heavy atom. The average molecular weight is 289 g/mol. The Labute approximate surface area is 95.8 Å². The molecule has 12 heteroatoms. The third-order valence-electron chi connectivity index (χ3n) is 0.750. The maximum atomic E-state index is 8.49. The van der Waals surface area contributed by atoms with Crippen LogP contribution in [0, 0.1) is 20.5 Å². The van der Waals surface area contributed by atoms with Gasteiger partial charge in [0.1, 0.15) is 0 Å². The Kier molecular flexibility index (Phi) is 15.6. The highest BCUT2D eigenvalue weighted by Crippen LogP contribution is 1.74. The van der Waals surface area contributed by atoms with Gasteiger partial charge in [-0.05, 0) is 0 Å². The lowest BCUT2D eigenvalue weighted by Gasteiger charge is -2.17. The van der Waals surface area contributed by atoms with Crippen molar-refractivity contribution >= 4 is 0 Å². The molecule has 0 heterocycles. The van der Waals surface area contributed by atoms with E-state index in [1.54, 1.807) is 0 Å². The molecule has 0 saturated carbocycles. The predicted molar refractivity (Wildman–Crippen MR) is 24.7 cm³/mol. The van der Waals surface area contributed by atoms with Crippen LogP contribution in [-0.2, 0) is 0 Å². The number of hydrogen-bond donors (Lipinski definition) is 2. The van der Waals surface area contributed by atoms with Crippen LogP contribution in [0.3, 0.4) is 0 Å². The number of quaternary nitrogens is 2. The molecule has 0 aliphatic carbocycles. The van der Waals surface area contributed by atoms with E-state index < -0.39 is 20.5 Å². The van der Waals surface area contributed by atoms with E-state index >= 15 is 0 Å². The van der Waals surface area contributed by atoms with Gasteiger partial charge in [-0.25, -0.2) is 37.3 Å². The van der Waals surface area contributed by atoms with Gasteiger partial charge < -0.3 is 11.5 Å². The third kappa shape index (κ3) is 244. The van der Waals surface area contributed by atoms with Gasteiger partial charge in [-0.1, -0.05) is 0 Å². The van der Waals surface area contributed by atoms with Crippen molar-refractivity contribution in [3.8, 4) is 0 Å². The molecule has 0 aromatic rings. The predicted octanol–water partition coefficient (Wildman–Crippen LogP) is -11.3. The van der Waals surface area contributed by atoms with Crippen LogP contribution >= 0.6 is 0 Å². The first-order valence-corrected chi connectivity index (χ1v) is 6.20. The molecule has 0 aromatic carbocycles. The molecule has 0 fully saturated rings. The van der Waals surface area contributed by atoms with E-state index in [2.05, 4.69) is 11.5 Å². The third-order valence-corrected chi connectivity index (χ3v) is 0.750. The second-order valence-corrected chi connectivity index (χ2v) is 3.68. The van der Waals surface area contributed by atoms with E-state index in [0.29, 0.717) is 0 Å². The fourth-order valence-corrected chi connectivity index (χ4v) is 0.354. The smallest absolute Gasteiger partial charge is 0.0742 e. The van der Waals surface area contributed by atoms with Gasteiger partial charge in [0.15, 0.2) is 0 Å². The monoisotopic (exact) mass is 288 g/mol. The van der Waals surface area contributed by atoms with Crippen LogP contribution in [-0.4, -0.2) is 13.1 Å². The summed E-state index contributed by atoms with van der Waals surface area (Å²) in [5.41, 5.74) is 7.39. The van der Waals surface area contributed by atoms with Crippen molar-refractivity contribution in [1.82, 2.24) is 0 Å². The maximum Gasteiger partial charge on any atom is 0.0742 e. The molecule has 0 aliphatic heterocycles. The van der Waals surface area contributed by atoms with E-state index in [4.69, 9.17) is 37.3 Å². The van der Waals surface area contributed by atoms with Crippen LogP contribution in [0.5, 0.6) is 0 Å². The molecular formula is C4H14Cl2N2O8. The Bertz CT molecular complexity index is 109. The number of hydrogen-bond acceptors (Lipinski definition) is 8. The second kappa shape index (κ2) is 11.7. The van der Waals surface area contributed by atoms with Gasteiger partial charge in [-0.15, -0.1) is 20.5 Å². The van der Waals surface area contributed by atoms with Crippen molar-refractivity contribution in [2.45, 2.75) is 12.8 Å². The SMILES string of the molecule is [NH3+]CCCC[NH3+].[O-][Cl+3]([O-])([O-])[O-].[O-][Cl+3]([O-])([O-])[O-]. The summed E-state index contributed by atoms with van der Waals surface area (Å²) in [5, 5.41) is 0. The minimum atomic E-state index is -4.94. The quantitative estimate of drug-likeness (QED) is 0.471. The van der Waals surface area contributed by atoms with Crippen LogP contribution in [0.15, 0.2) is 0 Å². The molecule has 0 amide bonds. The van der Waals surface area contributed by atoms with E-state index in [1.165, 1.54) is 12.8 Å². The van der Waals surface area contributed by atoms with E-state index in [1.807, 2.05) is 0 Å². The molecule has 0 radical (unpaired) electrons. The molecule has 0 saturated heterocycles. The summed E-state index contributed by atoms with van der Waals surface area (Å²) < 4.78 is 67.9. The van der Waals surface area contributed by atoms with Gasteiger partial charge in [0.05, 0.1) is 13.1 Å². The first kappa shape index (κ1) is 21.5. The fraction of sp³-hybridized carbons (Fsp3) is 1.00. The van der Waals surface area contributed by atoms with Gasteiger partial charge in [-0.3, -0.25) is 0 Å². The number of unbranched alkanes of at least 4 members (excludes halogenated alkanes) is 1. The van der Waals surface area contributed by atoms with Crippen LogP contribution in [0.4, 0.5) is 0 Å². The minimum Gasteiger partial charge on any atom is -0.358 e. The van der Waals surface area contributed by atoms with E-state index in [-0.39, 0.29) is 0 Å². The summed E-state index contributed by atoms with van der Waals surface area (Å²) in [7, 11) is -9.89. The molecule has 10 nitrogen and oxygen atoms in total.